The lowest BCUT2D eigenvalue weighted by atomic mass is 10.1. The lowest BCUT2D eigenvalue weighted by Crippen LogP contribution is -2.27. The van der Waals surface area contributed by atoms with Crippen molar-refractivity contribution in [2.75, 3.05) is 0 Å². The monoisotopic (exact) mass is 334 g/mol. The van der Waals surface area contributed by atoms with Crippen molar-refractivity contribution in [3.63, 3.8) is 0 Å². The molecular formula is C15H15BrN2S. The quantitative estimate of drug-likeness (QED) is 0.893. The van der Waals surface area contributed by atoms with Crippen molar-refractivity contribution in [2.24, 2.45) is 0 Å². The van der Waals surface area contributed by atoms with Crippen LogP contribution in [0.15, 0.2) is 40.9 Å². The van der Waals surface area contributed by atoms with Crippen LogP contribution in [0.4, 0.5) is 0 Å². The molecule has 0 fully saturated rings. The number of rotatable bonds is 5. The second-order valence-corrected chi connectivity index (χ2v) is 6.57. The molecule has 1 atom stereocenters. The molecule has 1 aromatic carbocycles. The Balaban J connectivity index is 1.83. The van der Waals surface area contributed by atoms with Gasteiger partial charge in [-0.3, -0.25) is 0 Å². The molecular weight excluding hydrogens is 320 g/mol. The molecule has 0 bridgehead atoms. The molecule has 0 amide bonds. The fourth-order valence-corrected chi connectivity index (χ4v) is 2.87. The summed E-state index contributed by atoms with van der Waals surface area (Å²) in [5.41, 5.74) is 1.33. The van der Waals surface area contributed by atoms with Crippen molar-refractivity contribution in [3.8, 4) is 6.07 Å². The van der Waals surface area contributed by atoms with E-state index in [9.17, 15) is 0 Å². The van der Waals surface area contributed by atoms with E-state index in [-0.39, 0.29) is 0 Å². The van der Waals surface area contributed by atoms with Gasteiger partial charge in [-0.05, 0) is 43.2 Å². The van der Waals surface area contributed by atoms with Crippen LogP contribution in [0.1, 0.15) is 22.2 Å². The van der Waals surface area contributed by atoms with E-state index in [2.05, 4.69) is 58.5 Å². The topological polar surface area (TPSA) is 35.8 Å². The molecule has 2 rings (SSSR count). The first-order valence-electron chi connectivity index (χ1n) is 6.14. The van der Waals surface area contributed by atoms with Gasteiger partial charge in [0.1, 0.15) is 10.9 Å². The van der Waals surface area contributed by atoms with Gasteiger partial charge in [0.15, 0.2) is 0 Å². The average molecular weight is 335 g/mol. The third-order valence-electron chi connectivity index (χ3n) is 2.85. The molecule has 0 radical (unpaired) electrons. The maximum atomic E-state index is 8.78. The van der Waals surface area contributed by atoms with E-state index < -0.39 is 0 Å². The maximum absolute atomic E-state index is 8.78. The molecule has 2 nitrogen and oxygen atoms in total. The van der Waals surface area contributed by atoms with Crippen molar-refractivity contribution in [1.82, 2.24) is 5.32 Å². The Morgan fingerprint density at radius 2 is 2.00 bits per heavy atom. The van der Waals surface area contributed by atoms with Crippen LogP contribution in [0.25, 0.3) is 0 Å². The van der Waals surface area contributed by atoms with Crippen LogP contribution in [-0.2, 0) is 13.0 Å². The fraction of sp³-hybridized carbons (Fsp3) is 0.267. The first-order chi connectivity index (χ1) is 9.17. The molecule has 1 heterocycles. The minimum atomic E-state index is 0.411. The summed E-state index contributed by atoms with van der Waals surface area (Å²) in [5.74, 6) is 0. The number of halogens is 1. The highest BCUT2D eigenvalue weighted by Crippen LogP contribution is 2.16. The van der Waals surface area contributed by atoms with E-state index in [1.807, 2.05) is 12.1 Å². The van der Waals surface area contributed by atoms with Gasteiger partial charge in [0.25, 0.3) is 0 Å². The zero-order chi connectivity index (χ0) is 13.7. The molecule has 1 N–H and O–H groups in total. The highest BCUT2D eigenvalue weighted by molar-refractivity contribution is 9.10. The van der Waals surface area contributed by atoms with Crippen molar-refractivity contribution in [3.05, 3.63) is 56.2 Å². The summed E-state index contributed by atoms with van der Waals surface area (Å²) in [4.78, 5) is 1.98. The standard InChI is InChI=1S/C15H15BrN2S/c1-11(8-12-2-4-13(16)5-3-12)18-10-15-7-6-14(9-17)19-15/h2-7,11,18H,8,10H2,1H3. The Labute approximate surface area is 126 Å². The van der Waals surface area contributed by atoms with E-state index in [1.165, 1.54) is 10.4 Å². The predicted molar refractivity (Wildman–Crippen MR) is 83.2 cm³/mol. The second-order valence-electron chi connectivity index (χ2n) is 4.49. The highest BCUT2D eigenvalue weighted by Gasteiger charge is 2.05. The normalized spacial score (nSPS) is 12.1. The van der Waals surface area contributed by atoms with E-state index >= 15 is 0 Å². The summed E-state index contributed by atoms with van der Waals surface area (Å²) in [6.45, 7) is 3.00. The molecule has 19 heavy (non-hydrogen) atoms. The fourth-order valence-electron chi connectivity index (χ4n) is 1.85. The number of hydrogen-bond donors (Lipinski definition) is 1. The van der Waals surface area contributed by atoms with Crippen molar-refractivity contribution in [1.29, 1.82) is 5.26 Å². The summed E-state index contributed by atoms with van der Waals surface area (Å²) < 4.78 is 1.11. The maximum Gasteiger partial charge on any atom is 0.110 e. The average Bonchev–Trinajstić information content (AvgIpc) is 2.87. The van der Waals surface area contributed by atoms with Crippen LogP contribution in [0.3, 0.4) is 0 Å². The number of benzene rings is 1. The molecule has 1 unspecified atom stereocenters. The SMILES string of the molecule is CC(Cc1ccc(Br)cc1)NCc1ccc(C#N)s1. The minimum Gasteiger partial charge on any atom is -0.309 e. The molecule has 0 aliphatic carbocycles. The molecule has 1 aromatic heterocycles. The first-order valence-corrected chi connectivity index (χ1v) is 7.75. The van der Waals surface area contributed by atoms with Crippen LogP contribution >= 0.6 is 27.3 Å². The van der Waals surface area contributed by atoms with Crippen molar-refractivity contribution in [2.45, 2.75) is 25.9 Å². The van der Waals surface area contributed by atoms with Crippen LogP contribution in [0.5, 0.6) is 0 Å². The van der Waals surface area contributed by atoms with Crippen molar-refractivity contribution < 1.29 is 0 Å². The molecule has 0 saturated carbocycles. The Kier molecular flexibility index (Phi) is 5.15. The molecule has 4 heteroatoms. The third-order valence-corrected chi connectivity index (χ3v) is 4.37. The van der Waals surface area contributed by atoms with Gasteiger partial charge in [-0.2, -0.15) is 5.26 Å². The minimum absolute atomic E-state index is 0.411. The zero-order valence-corrected chi connectivity index (χ0v) is 13.1. The van der Waals surface area contributed by atoms with E-state index in [4.69, 9.17) is 5.26 Å². The molecule has 2 aromatic rings. The number of nitrogens with one attached hydrogen (secondary N) is 1. The van der Waals surface area contributed by atoms with E-state index in [1.54, 1.807) is 11.3 Å². The lowest BCUT2D eigenvalue weighted by Gasteiger charge is -2.13. The summed E-state index contributed by atoms with van der Waals surface area (Å²) in [7, 11) is 0. The highest BCUT2D eigenvalue weighted by atomic mass is 79.9. The van der Waals surface area contributed by atoms with Gasteiger partial charge in [-0.15, -0.1) is 11.3 Å². The number of nitrogens with zero attached hydrogens (tertiary/aromatic N) is 1. The largest absolute Gasteiger partial charge is 0.309 e. The Morgan fingerprint density at radius 3 is 2.63 bits per heavy atom. The Morgan fingerprint density at radius 1 is 1.26 bits per heavy atom. The van der Waals surface area contributed by atoms with E-state index in [0.717, 1.165) is 22.3 Å². The lowest BCUT2D eigenvalue weighted by molar-refractivity contribution is 0.549. The van der Waals surface area contributed by atoms with Gasteiger partial charge in [0, 0.05) is 21.9 Å². The second kappa shape index (κ2) is 6.85. The number of nitriles is 1. The third kappa shape index (κ3) is 4.46. The molecule has 0 spiro atoms. The number of hydrogen-bond acceptors (Lipinski definition) is 3. The number of thiophene rings is 1. The molecule has 0 saturated heterocycles. The smallest absolute Gasteiger partial charge is 0.110 e. The van der Waals surface area contributed by atoms with Crippen LogP contribution in [-0.4, -0.2) is 6.04 Å². The van der Waals surface area contributed by atoms with Crippen molar-refractivity contribution >= 4 is 27.3 Å². The summed E-state index contributed by atoms with van der Waals surface area (Å²) in [5, 5.41) is 12.3. The molecule has 0 aliphatic heterocycles. The van der Waals surface area contributed by atoms with E-state index in [0.29, 0.717) is 6.04 Å². The van der Waals surface area contributed by atoms with Gasteiger partial charge in [0.05, 0.1) is 0 Å². The van der Waals surface area contributed by atoms with Crippen LogP contribution < -0.4 is 5.32 Å². The Hall–Kier alpha value is -1.15. The Bertz CT molecular complexity index is 569. The van der Waals surface area contributed by atoms with Gasteiger partial charge in [0.2, 0.25) is 0 Å². The first kappa shape index (κ1) is 14.3. The van der Waals surface area contributed by atoms with Crippen LogP contribution in [0.2, 0.25) is 0 Å². The van der Waals surface area contributed by atoms with Gasteiger partial charge in [-0.1, -0.05) is 28.1 Å². The zero-order valence-electron chi connectivity index (χ0n) is 10.7. The predicted octanol–water partition coefficient (Wildman–Crippen LogP) is 4.10. The summed E-state index contributed by atoms with van der Waals surface area (Å²) in [6, 6.07) is 14.9. The van der Waals surface area contributed by atoms with Crippen LogP contribution in [0, 0.1) is 11.3 Å². The van der Waals surface area contributed by atoms with Gasteiger partial charge < -0.3 is 5.32 Å². The summed E-state index contributed by atoms with van der Waals surface area (Å²) in [6.07, 6.45) is 1.00. The summed E-state index contributed by atoms with van der Waals surface area (Å²) >= 11 is 4.99. The van der Waals surface area contributed by atoms with Gasteiger partial charge in [-0.25, -0.2) is 0 Å². The molecule has 98 valence electrons. The molecule has 0 aliphatic rings. The van der Waals surface area contributed by atoms with Gasteiger partial charge >= 0.3 is 0 Å².